The molecule has 0 aliphatic heterocycles. The Morgan fingerprint density at radius 3 is 2.81 bits per heavy atom. The molecule has 16 heavy (non-hydrogen) atoms. The second-order valence-corrected chi connectivity index (χ2v) is 3.73. The number of halogens is 1. The fourth-order valence-corrected chi connectivity index (χ4v) is 1.38. The summed E-state index contributed by atoms with van der Waals surface area (Å²) in [5, 5.41) is 3.31. The van der Waals surface area contributed by atoms with Gasteiger partial charge in [-0.25, -0.2) is 15.0 Å². The molecule has 0 aliphatic carbocycles. The van der Waals surface area contributed by atoms with E-state index >= 15 is 0 Å². The average molecular weight is 239 g/mol. The first kappa shape index (κ1) is 10.9. The minimum atomic E-state index is 0.219. The lowest BCUT2D eigenvalue weighted by Crippen LogP contribution is -2.04. The Balaban J connectivity index is 2.07. The van der Waals surface area contributed by atoms with Crippen LogP contribution in [-0.2, 0) is 6.54 Å². The van der Waals surface area contributed by atoms with Crippen molar-refractivity contribution in [3.05, 3.63) is 34.9 Å². The molecule has 6 heteroatoms. The molecule has 2 aromatic rings. The highest BCUT2D eigenvalue weighted by Gasteiger charge is 2.04. The standard InChI is InChI=1S/C10H11ClN4O/c1-6-3-14-10(11)15-9(6)13-5-8-12-4-7(2)16-8/h3-4H,5H2,1-2H3,(H,13,14,15). The van der Waals surface area contributed by atoms with Gasteiger partial charge in [-0.1, -0.05) is 0 Å². The molecule has 0 spiro atoms. The molecule has 0 unspecified atom stereocenters. The van der Waals surface area contributed by atoms with Gasteiger partial charge in [0.15, 0.2) is 0 Å². The van der Waals surface area contributed by atoms with Crippen LogP contribution in [0, 0.1) is 13.8 Å². The van der Waals surface area contributed by atoms with Crippen molar-refractivity contribution in [3.8, 4) is 0 Å². The third kappa shape index (κ3) is 2.49. The number of anilines is 1. The maximum Gasteiger partial charge on any atom is 0.224 e. The van der Waals surface area contributed by atoms with Crippen molar-refractivity contribution < 1.29 is 4.42 Å². The van der Waals surface area contributed by atoms with E-state index in [0.29, 0.717) is 18.3 Å². The molecule has 0 amide bonds. The van der Waals surface area contributed by atoms with Crippen molar-refractivity contribution >= 4 is 17.4 Å². The van der Waals surface area contributed by atoms with Gasteiger partial charge in [0, 0.05) is 11.8 Å². The van der Waals surface area contributed by atoms with Crippen LogP contribution >= 0.6 is 11.6 Å². The molecule has 84 valence electrons. The first-order valence-electron chi connectivity index (χ1n) is 4.79. The van der Waals surface area contributed by atoms with Gasteiger partial charge in [0.1, 0.15) is 11.6 Å². The van der Waals surface area contributed by atoms with E-state index in [1.807, 2.05) is 13.8 Å². The Morgan fingerprint density at radius 1 is 1.31 bits per heavy atom. The highest BCUT2D eigenvalue weighted by molar-refractivity contribution is 6.28. The quantitative estimate of drug-likeness (QED) is 0.832. The second-order valence-electron chi connectivity index (χ2n) is 3.39. The van der Waals surface area contributed by atoms with Crippen LogP contribution in [0.2, 0.25) is 5.28 Å². The molecule has 0 fully saturated rings. The van der Waals surface area contributed by atoms with Gasteiger partial charge in [-0.3, -0.25) is 0 Å². The first-order chi connectivity index (χ1) is 7.65. The van der Waals surface area contributed by atoms with Gasteiger partial charge in [0.05, 0.1) is 12.7 Å². The fraction of sp³-hybridized carbons (Fsp3) is 0.300. The lowest BCUT2D eigenvalue weighted by atomic mass is 10.3. The molecular weight excluding hydrogens is 228 g/mol. The maximum atomic E-state index is 5.70. The lowest BCUT2D eigenvalue weighted by molar-refractivity contribution is 0.478. The summed E-state index contributed by atoms with van der Waals surface area (Å²) in [5.41, 5.74) is 0.924. The SMILES string of the molecule is Cc1cnc(CNc2nc(Cl)ncc2C)o1. The summed E-state index contributed by atoms with van der Waals surface area (Å²) in [6.45, 7) is 4.23. The summed E-state index contributed by atoms with van der Waals surface area (Å²) < 4.78 is 5.33. The van der Waals surface area contributed by atoms with Gasteiger partial charge >= 0.3 is 0 Å². The number of hydrogen-bond donors (Lipinski definition) is 1. The molecular formula is C10H11ClN4O. The zero-order valence-corrected chi connectivity index (χ0v) is 9.75. The van der Waals surface area contributed by atoms with E-state index in [4.69, 9.17) is 16.0 Å². The number of aryl methyl sites for hydroxylation is 2. The van der Waals surface area contributed by atoms with Crippen LogP contribution in [0.1, 0.15) is 17.2 Å². The summed E-state index contributed by atoms with van der Waals surface area (Å²) in [6, 6.07) is 0. The number of hydrogen-bond acceptors (Lipinski definition) is 5. The van der Waals surface area contributed by atoms with E-state index in [2.05, 4.69) is 20.3 Å². The van der Waals surface area contributed by atoms with Gasteiger partial charge in [-0.15, -0.1) is 0 Å². The largest absolute Gasteiger partial charge is 0.444 e. The van der Waals surface area contributed by atoms with Gasteiger partial charge in [0.2, 0.25) is 11.2 Å². The molecule has 0 atom stereocenters. The summed E-state index contributed by atoms with van der Waals surface area (Å²) in [5.74, 6) is 2.09. The Morgan fingerprint density at radius 2 is 2.12 bits per heavy atom. The van der Waals surface area contributed by atoms with Gasteiger partial charge in [-0.2, -0.15) is 0 Å². The Kier molecular flexibility index (Phi) is 3.05. The highest BCUT2D eigenvalue weighted by Crippen LogP contribution is 2.13. The molecule has 0 saturated carbocycles. The minimum Gasteiger partial charge on any atom is -0.444 e. The summed E-state index contributed by atoms with van der Waals surface area (Å²) in [6.07, 6.45) is 3.34. The molecule has 0 radical (unpaired) electrons. The van der Waals surface area contributed by atoms with Gasteiger partial charge in [-0.05, 0) is 25.4 Å². The molecule has 0 aromatic carbocycles. The van der Waals surface area contributed by atoms with Crippen LogP contribution in [0.25, 0.3) is 0 Å². The van der Waals surface area contributed by atoms with Crippen molar-refractivity contribution in [2.75, 3.05) is 5.32 Å². The van der Waals surface area contributed by atoms with Crippen LogP contribution in [0.5, 0.6) is 0 Å². The molecule has 2 heterocycles. The van der Waals surface area contributed by atoms with Crippen molar-refractivity contribution in [1.29, 1.82) is 0 Å². The predicted octanol–water partition coefficient (Wildman–Crippen LogP) is 2.35. The zero-order chi connectivity index (χ0) is 11.5. The highest BCUT2D eigenvalue weighted by atomic mass is 35.5. The Labute approximate surface area is 97.9 Å². The van der Waals surface area contributed by atoms with Crippen LogP contribution < -0.4 is 5.32 Å². The average Bonchev–Trinajstić information content (AvgIpc) is 2.66. The number of aromatic nitrogens is 3. The van der Waals surface area contributed by atoms with Crippen LogP contribution in [0.15, 0.2) is 16.8 Å². The molecule has 2 aromatic heterocycles. The van der Waals surface area contributed by atoms with Crippen LogP contribution in [-0.4, -0.2) is 15.0 Å². The second kappa shape index (κ2) is 4.49. The van der Waals surface area contributed by atoms with Crippen LogP contribution in [0.3, 0.4) is 0 Å². The molecule has 0 aliphatic rings. The fourth-order valence-electron chi connectivity index (χ4n) is 1.24. The monoisotopic (exact) mass is 238 g/mol. The van der Waals surface area contributed by atoms with Crippen LogP contribution in [0.4, 0.5) is 5.82 Å². The molecule has 0 bridgehead atoms. The van der Waals surface area contributed by atoms with E-state index in [1.165, 1.54) is 0 Å². The van der Waals surface area contributed by atoms with E-state index in [-0.39, 0.29) is 5.28 Å². The van der Waals surface area contributed by atoms with Crippen molar-refractivity contribution in [3.63, 3.8) is 0 Å². The number of nitrogens with one attached hydrogen (secondary N) is 1. The van der Waals surface area contributed by atoms with Crippen molar-refractivity contribution in [2.24, 2.45) is 0 Å². The predicted molar refractivity (Wildman–Crippen MR) is 60.3 cm³/mol. The van der Waals surface area contributed by atoms with E-state index in [0.717, 1.165) is 11.3 Å². The topological polar surface area (TPSA) is 63.8 Å². The van der Waals surface area contributed by atoms with E-state index < -0.39 is 0 Å². The van der Waals surface area contributed by atoms with Crippen molar-refractivity contribution in [1.82, 2.24) is 15.0 Å². The Hall–Kier alpha value is -1.62. The summed E-state index contributed by atoms with van der Waals surface area (Å²) >= 11 is 5.70. The lowest BCUT2D eigenvalue weighted by Gasteiger charge is -2.05. The molecule has 0 saturated heterocycles. The smallest absolute Gasteiger partial charge is 0.224 e. The number of oxazole rings is 1. The minimum absolute atomic E-state index is 0.219. The third-order valence-corrected chi connectivity index (χ3v) is 2.20. The normalized spacial score (nSPS) is 10.4. The molecule has 5 nitrogen and oxygen atoms in total. The molecule has 1 N–H and O–H groups in total. The maximum absolute atomic E-state index is 5.70. The van der Waals surface area contributed by atoms with Gasteiger partial charge in [0.25, 0.3) is 0 Å². The Bertz CT molecular complexity index is 497. The van der Waals surface area contributed by atoms with Crippen molar-refractivity contribution in [2.45, 2.75) is 20.4 Å². The van der Waals surface area contributed by atoms with Gasteiger partial charge < -0.3 is 9.73 Å². The first-order valence-corrected chi connectivity index (χ1v) is 5.17. The summed E-state index contributed by atoms with van der Waals surface area (Å²) in [7, 11) is 0. The molecule has 2 rings (SSSR count). The third-order valence-electron chi connectivity index (χ3n) is 2.02. The number of nitrogens with zero attached hydrogens (tertiary/aromatic N) is 3. The summed E-state index contributed by atoms with van der Waals surface area (Å²) in [4.78, 5) is 12.0. The zero-order valence-electron chi connectivity index (χ0n) is 8.99. The van der Waals surface area contributed by atoms with E-state index in [9.17, 15) is 0 Å². The van der Waals surface area contributed by atoms with E-state index in [1.54, 1.807) is 12.4 Å². The number of rotatable bonds is 3.